The molecule has 5 rings (SSSR count). The van der Waals surface area contributed by atoms with Crippen molar-refractivity contribution in [1.29, 1.82) is 0 Å². The van der Waals surface area contributed by atoms with E-state index in [2.05, 4.69) is 10.3 Å². The van der Waals surface area contributed by atoms with Crippen LogP contribution in [0.5, 0.6) is 17.2 Å². The lowest BCUT2D eigenvalue weighted by molar-refractivity contribution is -0.147. The smallest absolute Gasteiger partial charge is 0.254 e. The number of benzene rings is 2. The Morgan fingerprint density at radius 2 is 1.81 bits per heavy atom. The number of hydrogen-bond acceptors (Lipinski definition) is 6. The molecule has 2 amide bonds. The number of rotatable bonds is 5. The SMILES string of the molecule is COc1ccc(NC(=O)C(c2cc3cc4c(cc3[nH]c2=O)OCCO4)N2CCC2=O)cc1. The second kappa shape index (κ2) is 7.92. The first-order valence-electron chi connectivity index (χ1n) is 10.2. The molecule has 9 nitrogen and oxygen atoms in total. The average Bonchev–Trinajstić information content (AvgIpc) is 2.80. The number of carbonyl (C=O) groups is 2. The molecule has 0 saturated carbocycles. The molecular weight excluding hydrogens is 414 g/mol. The Morgan fingerprint density at radius 3 is 2.44 bits per heavy atom. The minimum absolute atomic E-state index is 0.179. The Labute approximate surface area is 182 Å². The maximum absolute atomic E-state index is 13.2. The second-order valence-electron chi connectivity index (χ2n) is 7.59. The first kappa shape index (κ1) is 19.9. The molecule has 2 aliphatic rings. The van der Waals surface area contributed by atoms with Crippen molar-refractivity contribution < 1.29 is 23.8 Å². The van der Waals surface area contributed by atoms with Gasteiger partial charge in [-0.15, -0.1) is 0 Å². The van der Waals surface area contributed by atoms with Crippen molar-refractivity contribution in [3.63, 3.8) is 0 Å². The number of nitrogens with one attached hydrogen (secondary N) is 2. The fourth-order valence-electron chi connectivity index (χ4n) is 3.90. The zero-order chi connectivity index (χ0) is 22.2. The molecule has 0 spiro atoms. The molecule has 32 heavy (non-hydrogen) atoms. The van der Waals surface area contributed by atoms with Crippen LogP contribution < -0.4 is 25.1 Å². The first-order valence-corrected chi connectivity index (χ1v) is 10.2. The number of likely N-dealkylation sites (tertiary alicyclic amines) is 1. The molecule has 0 aliphatic carbocycles. The van der Waals surface area contributed by atoms with Gasteiger partial charge in [0.05, 0.1) is 12.6 Å². The first-order chi connectivity index (χ1) is 15.5. The van der Waals surface area contributed by atoms with Crippen molar-refractivity contribution in [2.75, 3.05) is 32.2 Å². The number of fused-ring (bicyclic) bond motifs is 2. The number of aromatic nitrogens is 1. The lowest BCUT2D eigenvalue weighted by Crippen LogP contribution is -2.50. The predicted molar refractivity (Wildman–Crippen MR) is 116 cm³/mol. The Kier molecular flexibility index (Phi) is 4.93. The van der Waals surface area contributed by atoms with Crippen LogP contribution in [0.15, 0.2) is 47.3 Å². The molecule has 164 valence electrons. The molecule has 1 saturated heterocycles. The fourth-order valence-corrected chi connectivity index (χ4v) is 3.90. The van der Waals surface area contributed by atoms with Gasteiger partial charge in [0.2, 0.25) is 5.91 Å². The number of hydrogen-bond donors (Lipinski definition) is 2. The third-order valence-corrected chi connectivity index (χ3v) is 5.63. The molecule has 1 fully saturated rings. The quantitative estimate of drug-likeness (QED) is 0.595. The van der Waals surface area contributed by atoms with Gasteiger partial charge < -0.3 is 29.4 Å². The van der Waals surface area contributed by atoms with Crippen molar-refractivity contribution in [1.82, 2.24) is 9.88 Å². The summed E-state index contributed by atoms with van der Waals surface area (Å²) >= 11 is 0. The van der Waals surface area contributed by atoms with Gasteiger partial charge in [0.15, 0.2) is 11.5 Å². The molecule has 2 aliphatic heterocycles. The Bertz CT molecular complexity index is 1270. The lowest BCUT2D eigenvalue weighted by atomic mass is 9.99. The number of carbonyl (C=O) groups excluding carboxylic acids is 2. The Balaban J connectivity index is 1.53. The summed E-state index contributed by atoms with van der Waals surface area (Å²) in [4.78, 5) is 42.7. The average molecular weight is 435 g/mol. The van der Waals surface area contributed by atoms with Gasteiger partial charge in [0, 0.05) is 35.7 Å². The van der Waals surface area contributed by atoms with Gasteiger partial charge in [-0.2, -0.15) is 0 Å². The lowest BCUT2D eigenvalue weighted by Gasteiger charge is -2.37. The molecule has 1 unspecified atom stereocenters. The van der Waals surface area contributed by atoms with E-state index in [9.17, 15) is 14.4 Å². The minimum atomic E-state index is -1.06. The van der Waals surface area contributed by atoms with E-state index in [1.807, 2.05) is 0 Å². The van der Waals surface area contributed by atoms with Gasteiger partial charge in [0.25, 0.3) is 11.5 Å². The number of anilines is 1. The summed E-state index contributed by atoms with van der Waals surface area (Å²) in [6.45, 7) is 1.27. The number of methoxy groups -OCH3 is 1. The van der Waals surface area contributed by atoms with Crippen molar-refractivity contribution in [3.8, 4) is 17.2 Å². The number of aromatic amines is 1. The summed E-state index contributed by atoms with van der Waals surface area (Å²) in [5.41, 5.74) is 0.842. The van der Waals surface area contributed by atoms with Crippen molar-refractivity contribution in [2.24, 2.45) is 0 Å². The molecule has 2 N–H and O–H groups in total. The van der Waals surface area contributed by atoms with E-state index < -0.39 is 17.5 Å². The molecule has 1 aromatic heterocycles. The van der Waals surface area contributed by atoms with Gasteiger partial charge in [-0.3, -0.25) is 14.4 Å². The molecule has 9 heteroatoms. The van der Waals surface area contributed by atoms with Gasteiger partial charge >= 0.3 is 0 Å². The monoisotopic (exact) mass is 435 g/mol. The van der Waals surface area contributed by atoms with E-state index in [-0.39, 0.29) is 11.5 Å². The number of H-pyrrole nitrogens is 1. The summed E-state index contributed by atoms with van der Waals surface area (Å²) in [5.74, 6) is 1.13. The largest absolute Gasteiger partial charge is 0.497 e. The Morgan fingerprint density at radius 1 is 1.09 bits per heavy atom. The number of nitrogens with zero attached hydrogens (tertiary/aromatic N) is 1. The highest BCUT2D eigenvalue weighted by molar-refractivity contribution is 5.99. The van der Waals surface area contributed by atoms with Gasteiger partial charge in [0.1, 0.15) is 25.0 Å². The van der Waals surface area contributed by atoms with Crippen LogP contribution in [0.1, 0.15) is 18.0 Å². The Hall–Kier alpha value is -4.01. The van der Waals surface area contributed by atoms with Gasteiger partial charge in [-0.1, -0.05) is 0 Å². The van der Waals surface area contributed by atoms with Crippen LogP contribution in [-0.2, 0) is 9.59 Å². The molecule has 3 aromatic rings. The molecule has 1 atom stereocenters. The zero-order valence-electron chi connectivity index (χ0n) is 17.3. The van der Waals surface area contributed by atoms with Crippen LogP contribution in [0.4, 0.5) is 5.69 Å². The predicted octanol–water partition coefficient (Wildman–Crippen LogP) is 2.22. The van der Waals surface area contributed by atoms with E-state index >= 15 is 0 Å². The number of β-lactam (4-membered cyclic amide) rings is 1. The molecule has 2 aromatic carbocycles. The summed E-state index contributed by atoms with van der Waals surface area (Å²) in [7, 11) is 1.55. The third kappa shape index (κ3) is 3.51. The third-order valence-electron chi connectivity index (χ3n) is 5.63. The highest BCUT2D eigenvalue weighted by atomic mass is 16.6. The normalized spacial score (nSPS) is 15.8. The maximum atomic E-state index is 13.2. The highest BCUT2D eigenvalue weighted by Gasteiger charge is 2.38. The van der Waals surface area contributed by atoms with E-state index in [1.54, 1.807) is 49.6 Å². The molecule has 0 radical (unpaired) electrons. The standard InChI is InChI=1S/C23H21N3O6/c1-30-15-4-2-14(3-5-15)24-23(29)21(26-7-6-20(26)27)16-10-13-11-18-19(32-9-8-31-18)12-17(13)25-22(16)28/h2-5,10-12,21H,6-9H2,1H3,(H,24,29)(H,25,28). The summed E-state index contributed by atoms with van der Waals surface area (Å²) in [6, 6.07) is 10.9. The second-order valence-corrected chi connectivity index (χ2v) is 7.59. The summed E-state index contributed by atoms with van der Waals surface area (Å²) < 4.78 is 16.3. The van der Waals surface area contributed by atoms with Crippen LogP contribution in [0.3, 0.4) is 0 Å². The fraction of sp³-hybridized carbons (Fsp3) is 0.261. The number of amides is 2. The number of pyridine rings is 1. The van der Waals surface area contributed by atoms with E-state index in [4.69, 9.17) is 14.2 Å². The maximum Gasteiger partial charge on any atom is 0.254 e. The van der Waals surface area contributed by atoms with Crippen LogP contribution in [-0.4, -0.2) is 48.6 Å². The van der Waals surface area contributed by atoms with E-state index in [0.29, 0.717) is 60.0 Å². The highest BCUT2D eigenvalue weighted by Crippen LogP contribution is 2.35. The molecular formula is C23H21N3O6. The summed E-state index contributed by atoms with van der Waals surface area (Å²) in [6.07, 6.45) is 0.344. The zero-order valence-corrected chi connectivity index (χ0v) is 17.3. The van der Waals surface area contributed by atoms with Crippen molar-refractivity contribution >= 4 is 28.4 Å². The van der Waals surface area contributed by atoms with Crippen LogP contribution in [0, 0.1) is 0 Å². The van der Waals surface area contributed by atoms with E-state index in [0.717, 1.165) is 0 Å². The van der Waals surface area contributed by atoms with Crippen molar-refractivity contribution in [3.05, 3.63) is 58.4 Å². The minimum Gasteiger partial charge on any atom is -0.497 e. The topological polar surface area (TPSA) is 110 Å². The van der Waals surface area contributed by atoms with Crippen molar-refractivity contribution in [2.45, 2.75) is 12.5 Å². The number of ether oxygens (including phenoxy) is 3. The summed E-state index contributed by atoms with van der Waals surface area (Å²) in [5, 5.41) is 3.48. The van der Waals surface area contributed by atoms with Gasteiger partial charge in [-0.05, 0) is 36.4 Å². The molecule has 0 bridgehead atoms. The van der Waals surface area contributed by atoms with Crippen LogP contribution in [0.2, 0.25) is 0 Å². The van der Waals surface area contributed by atoms with Crippen LogP contribution in [0.25, 0.3) is 10.9 Å². The van der Waals surface area contributed by atoms with E-state index in [1.165, 1.54) is 4.90 Å². The molecule has 3 heterocycles. The van der Waals surface area contributed by atoms with Gasteiger partial charge in [-0.25, -0.2) is 0 Å². The van der Waals surface area contributed by atoms with Crippen LogP contribution >= 0.6 is 0 Å².